The molecule has 1 aromatic heterocycles. The molecule has 0 bridgehead atoms. The van der Waals surface area contributed by atoms with E-state index in [4.69, 9.17) is 10.5 Å². The molecule has 112 valence electrons. The van der Waals surface area contributed by atoms with E-state index >= 15 is 0 Å². The van der Waals surface area contributed by atoms with Gasteiger partial charge < -0.3 is 19.9 Å². The second-order valence-electron chi connectivity index (χ2n) is 5.39. The number of likely N-dealkylation sites (tertiary alicyclic amines) is 1. The van der Waals surface area contributed by atoms with Gasteiger partial charge in [0.15, 0.2) is 0 Å². The van der Waals surface area contributed by atoms with Crippen molar-refractivity contribution in [3.63, 3.8) is 0 Å². The summed E-state index contributed by atoms with van der Waals surface area (Å²) < 4.78 is 7.22. The summed E-state index contributed by atoms with van der Waals surface area (Å²) in [6, 6.07) is 1.69. The van der Waals surface area contributed by atoms with Crippen molar-refractivity contribution in [2.75, 3.05) is 32.0 Å². The number of nitrogen functional groups attached to an aromatic ring is 1. The maximum Gasteiger partial charge on any atom is 0.355 e. The summed E-state index contributed by atoms with van der Waals surface area (Å²) in [7, 11) is 0. The highest BCUT2D eigenvalue weighted by atomic mass is 16.5. The SMILES string of the molecule is CCCn1cc(N)cc1C(=O)OCCCN1CCCC1. The minimum Gasteiger partial charge on any atom is -0.461 e. The van der Waals surface area contributed by atoms with E-state index in [0.29, 0.717) is 18.0 Å². The predicted molar refractivity (Wildman–Crippen MR) is 79.7 cm³/mol. The van der Waals surface area contributed by atoms with Crippen LogP contribution in [-0.4, -0.2) is 41.7 Å². The zero-order valence-electron chi connectivity index (χ0n) is 12.3. The molecule has 1 aromatic rings. The van der Waals surface area contributed by atoms with Crippen molar-refractivity contribution in [2.24, 2.45) is 0 Å². The van der Waals surface area contributed by atoms with Crippen LogP contribution in [0.1, 0.15) is 43.1 Å². The zero-order valence-corrected chi connectivity index (χ0v) is 12.3. The number of hydrogen-bond donors (Lipinski definition) is 1. The van der Waals surface area contributed by atoms with Gasteiger partial charge in [-0.2, -0.15) is 0 Å². The highest BCUT2D eigenvalue weighted by molar-refractivity contribution is 5.89. The summed E-state index contributed by atoms with van der Waals surface area (Å²) >= 11 is 0. The molecule has 2 rings (SSSR count). The van der Waals surface area contributed by atoms with E-state index in [9.17, 15) is 4.79 Å². The average Bonchev–Trinajstić information content (AvgIpc) is 3.05. The molecule has 20 heavy (non-hydrogen) atoms. The minimum atomic E-state index is -0.267. The molecule has 0 saturated carbocycles. The maximum absolute atomic E-state index is 12.0. The third-order valence-electron chi connectivity index (χ3n) is 3.64. The largest absolute Gasteiger partial charge is 0.461 e. The fraction of sp³-hybridized carbons (Fsp3) is 0.667. The van der Waals surface area contributed by atoms with Gasteiger partial charge in [-0.05, 0) is 44.8 Å². The standard InChI is InChI=1S/C15H25N3O2/c1-2-6-18-12-13(16)11-14(18)15(19)20-10-5-9-17-7-3-4-8-17/h11-12H,2-10,16H2,1H3. The fourth-order valence-corrected chi connectivity index (χ4v) is 2.66. The molecule has 0 unspecified atom stereocenters. The van der Waals surface area contributed by atoms with E-state index in [2.05, 4.69) is 11.8 Å². The smallest absolute Gasteiger partial charge is 0.355 e. The second kappa shape index (κ2) is 7.33. The normalized spacial score (nSPS) is 15.7. The van der Waals surface area contributed by atoms with Crippen molar-refractivity contribution in [3.8, 4) is 0 Å². The van der Waals surface area contributed by atoms with Crippen LogP contribution in [0.3, 0.4) is 0 Å². The van der Waals surface area contributed by atoms with Crippen LogP contribution >= 0.6 is 0 Å². The Morgan fingerprint density at radius 1 is 1.35 bits per heavy atom. The molecule has 5 nitrogen and oxygen atoms in total. The van der Waals surface area contributed by atoms with Gasteiger partial charge in [-0.3, -0.25) is 0 Å². The predicted octanol–water partition coefficient (Wildman–Crippen LogP) is 2.12. The number of esters is 1. The van der Waals surface area contributed by atoms with E-state index in [1.165, 1.54) is 25.9 Å². The van der Waals surface area contributed by atoms with Gasteiger partial charge in [0.05, 0.1) is 12.3 Å². The highest BCUT2D eigenvalue weighted by Gasteiger charge is 2.15. The molecular weight excluding hydrogens is 254 g/mol. The summed E-state index contributed by atoms with van der Waals surface area (Å²) in [6.07, 6.45) is 6.25. The van der Waals surface area contributed by atoms with Crippen LogP contribution in [0.4, 0.5) is 5.69 Å². The first-order valence-electron chi connectivity index (χ1n) is 7.56. The Labute approximate surface area is 120 Å². The first-order valence-corrected chi connectivity index (χ1v) is 7.56. The maximum atomic E-state index is 12.0. The van der Waals surface area contributed by atoms with Crippen molar-refractivity contribution < 1.29 is 9.53 Å². The van der Waals surface area contributed by atoms with E-state index in [1.54, 1.807) is 12.3 Å². The van der Waals surface area contributed by atoms with Gasteiger partial charge in [-0.1, -0.05) is 6.92 Å². The number of aryl methyl sites for hydroxylation is 1. The van der Waals surface area contributed by atoms with Gasteiger partial charge >= 0.3 is 5.97 Å². The molecule has 0 aromatic carbocycles. The monoisotopic (exact) mass is 279 g/mol. The number of ether oxygens (including phenoxy) is 1. The Hall–Kier alpha value is -1.49. The van der Waals surface area contributed by atoms with Crippen LogP contribution in [0, 0.1) is 0 Å². The molecule has 2 N–H and O–H groups in total. The van der Waals surface area contributed by atoms with E-state index < -0.39 is 0 Å². The molecular formula is C15H25N3O2. The number of nitrogens with two attached hydrogens (primary N) is 1. The molecule has 0 spiro atoms. The average molecular weight is 279 g/mol. The van der Waals surface area contributed by atoms with Crippen LogP contribution in [0.15, 0.2) is 12.3 Å². The van der Waals surface area contributed by atoms with Crippen molar-refractivity contribution >= 4 is 11.7 Å². The van der Waals surface area contributed by atoms with Crippen LogP contribution in [-0.2, 0) is 11.3 Å². The minimum absolute atomic E-state index is 0.267. The zero-order chi connectivity index (χ0) is 14.4. The molecule has 0 radical (unpaired) electrons. The summed E-state index contributed by atoms with van der Waals surface area (Å²) in [6.45, 7) is 6.72. The number of anilines is 1. The Balaban J connectivity index is 1.76. The van der Waals surface area contributed by atoms with Gasteiger partial charge in [-0.15, -0.1) is 0 Å². The summed E-state index contributed by atoms with van der Waals surface area (Å²) in [5.74, 6) is -0.267. The van der Waals surface area contributed by atoms with Crippen LogP contribution in [0.5, 0.6) is 0 Å². The Bertz CT molecular complexity index is 436. The highest BCUT2D eigenvalue weighted by Crippen LogP contribution is 2.13. The lowest BCUT2D eigenvalue weighted by Crippen LogP contribution is -2.22. The lowest BCUT2D eigenvalue weighted by molar-refractivity contribution is 0.0478. The summed E-state index contributed by atoms with van der Waals surface area (Å²) in [5.41, 5.74) is 6.92. The van der Waals surface area contributed by atoms with Crippen molar-refractivity contribution in [2.45, 2.75) is 39.2 Å². The lowest BCUT2D eigenvalue weighted by atomic mass is 10.4. The van der Waals surface area contributed by atoms with Gasteiger partial charge in [0, 0.05) is 19.3 Å². The first kappa shape index (κ1) is 14.9. The fourth-order valence-electron chi connectivity index (χ4n) is 2.66. The number of nitrogens with zero attached hydrogens (tertiary/aromatic N) is 2. The summed E-state index contributed by atoms with van der Waals surface area (Å²) in [4.78, 5) is 14.5. The number of rotatable bonds is 7. The molecule has 0 aliphatic carbocycles. The molecule has 1 aliphatic heterocycles. The van der Waals surface area contributed by atoms with E-state index in [1.807, 2.05) is 4.57 Å². The summed E-state index contributed by atoms with van der Waals surface area (Å²) in [5, 5.41) is 0. The second-order valence-corrected chi connectivity index (χ2v) is 5.39. The Morgan fingerprint density at radius 3 is 2.80 bits per heavy atom. The van der Waals surface area contributed by atoms with Gasteiger partial charge in [-0.25, -0.2) is 4.79 Å². The molecule has 2 heterocycles. The quantitative estimate of drug-likeness (QED) is 0.613. The van der Waals surface area contributed by atoms with Crippen molar-refractivity contribution in [1.29, 1.82) is 0 Å². The third kappa shape index (κ3) is 4.00. The first-order chi connectivity index (χ1) is 9.70. The molecule has 0 atom stereocenters. The van der Waals surface area contributed by atoms with Crippen LogP contribution < -0.4 is 5.73 Å². The topological polar surface area (TPSA) is 60.5 Å². The Morgan fingerprint density at radius 2 is 2.10 bits per heavy atom. The third-order valence-corrected chi connectivity index (χ3v) is 3.64. The number of hydrogen-bond acceptors (Lipinski definition) is 4. The number of aromatic nitrogens is 1. The molecule has 5 heteroatoms. The van der Waals surface area contributed by atoms with Gasteiger partial charge in [0.25, 0.3) is 0 Å². The Kier molecular flexibility index (Phi) is 5.47. The van der Waals surface area contributed by atoms with Crippen LogP contribution in [0.25, 0.3) is 0 Å². The lowest BCUT2D eigenvalue weighted by Gasteiger charge is -2.14. The van der Waals surface area contributed by atoms with Gasteiger partial charge in [0.1, 0.15) is 5.69 Å². The van der Waals surface area contributed by atoms with Crippen LogP contribution in [0.2, 0.25) is 0 Å². The number of carbonyl (C=O) groups excluding carboxylic acids is 1. The number of carbonyl (C=O) groups is 1. The molecule has 1 aliphatic rings. The van der Waals surface area contributed by atoms with Crippen molar-refractivity contribution in [3.05, 3.63) is 18.0 Å². The van der Waals surface area contributed by atoms with E-state index in [0.717, 1.165) is 25.9 Å². The molecule has 0 amide bonds. The van der Waals surface area contributed by atoms with E-state index in [-0.39, 0.29) is 5.97 Å². The molecule has 1 fully saturated rings. The molecule has 1 saturated heterocycles. The van der Waals surface area contributed by atoms with Gasteiger partial charge in [0.2, 0.25) is 0 Å². The van der Waals surface area contributed by atoms with Crippen molar-refractivity contribution in [1.82, 2.24) is 9.47 Å².